The van der Waals surface area contributed by atoms with Crippen LogP contribution in [0.15, 0.2) is 22.7 Å². The zero-order valence-corrected chi connectivity index (χ0v) is 9.93. The summed E-state index contributed by atoms with van der Waals surface area (Å²) >= 11 is 3.34. The minimum Gasteiger partial charge on any atom is -0.271 e. The molecule has 1 saturated carbocycles. The molecule has 4 heteroatoms. The Hall–Kier alpha value is -0.450. The lowest BCUT2D eigenvalue weighted by atomic mass is 10.0. The second-order valence-corrected chi connectivity index (χ2v) is 4.98. The van der Waals surface area contributed by atoms with Crippen molar-refractivity contribution in [2.75, 3.05) is 0 Å². The Labute approximate surface area is 97.1 Å². The number of hydrogen-bond acceptors (Lipinski definition) is 2. The van der Waals surface area contributed by atoms with E-state index in [9.17, 15) is 4.39 Å². The zero-order chi connectivity index (χ0) is 10.8. The van der Waals surface area contributed by atoms with E-state index in [1.165, 1.54) is 18.9 Å². The van der Waals surface area contributed by atoms with E-state index >= 15 is 0 Å². The number of halogens is 2. The van der Waals surface area contributed by atoms with Crippen molar-refractivity contribution < 1.29 is 4.39 Å². The van der Waals surface area contributed by atoms with Crippen LogP contribution in [0.3, 0.4) is 0 Å². The molecular weight excluding hydrogens is 259 g/mol. The van der Waals surface area contributed by atoms with Crippen LogP contribution in [0.1, 0.15) is 30.9 Å². The van der Waals surface area contributed by atoms with Crippen molar-refractivity contribution in [1.82, 2.24) is 5.43 Å². The Morgan fingerprint density at radius 2 is 2.27 bits per heavy atom. The fourth-order valence-corrected chi connectivity index (χ4v) is 2.13. The van der Waals surface area contributed by atoms with Crippen molar-refractivity contribution in [3.05, 3.63) is 34.1 Å². The molecule has 1 aliphatic carbocycles. The number of rotatable bonds is 4. The average molecular weight is 273 g/mol. The minimum absolute atomic E-state index is 0.0741. The molecule has 1 unspecified atom stereocenters. The summed E-state index contributed by atoms with van der Waals surface area (Å²) in [5, 5.41) is 0. The normalized spacial score (nSPS) is 17.8. The van der Waals surface area contributed by atoms with Gasteiger partial charge in [-0.3, -0.25) is 11.3 Å². The Kier molecular flexibility index (Phi) is 3.38. The van der Waals surface area contributed by atoms with Crippen molar-refractivity contribution in [1.29, 1.82) is 0 Å². The molecule has 0 spiro atoms. The van der Waals surface area contributed by atoms with E-state index in [-0.39, 0.29) is 11.9 Å². The maximum absolute atomic E-state index is 13.6. The van der Waals surface area contributed by atoms with Gasteiger partial charge in [-0.15, -0.1) is 0 Å². The van der Waals surface area contributed by atoms with Crippen LogP contribution in [0.4, 0.5) is 4.39 Å². The van der Waals surface area contributed by atoms with Gasteiger partial charge in [-0.2, -0.15) is 0 Å². The van der Waals surface area contributed by atoms with Crippen LogP contribution in [0.5, 0.6) is 0 Å². The first-order valence-corrected chi connectivity index (χ1v) is 5.91. The Bertz CT molecular complexity index is 352. The molecule has 0 radical (unpaired) electrons. The van der Waals surface area contributed by atoms with Gasteiger partial charge in [0.2, 0.25) is 0 Å². The molecule has 0 heterocycles. The molecule has 1 aliphatic rings. The van der Waals surface area contributed by atoms with Gasteiger partial charge in [0.1, 0.15) is 5.82 Å². The van der Waals surface area contributed by atoms with Crippen molar-refractivity contribution >= 4 is 15.9 Å². The van der Waals surface area contributed by atoms with Crippen LogP contribution in [-0.2, 0) is 0 Å². The summed E-state index contributed by atoms with van der Waals surface area (Å²) in [7, 11) is 0. The molecule has 1 aromatic carbocycles. The number of nitrogens with two attached hydrogens (primary N) is 1. The maximum atomic E-state index is 13.6. The van der Waals surface area contributed by atoms with Gasteiger partial charge < -0.3 is 0 Å². The second-order valence-electron chi connectivity index (χ2n) is 4.06. The van der Waals surface area contributed by atoms with E-state index in [0.717, 1.165) is 10.9 Å². The van der Waals surface area contributed by atoms with Gasteiger partial charge >= 0.3 is 0 Å². The van der Waals surface area contributed by atoms with Gasteiger partial charge in [0.25, 0.3) is 0 Å². The quantitative estimate of drug-likeness (QED) is 0.654. The predicted molar refractivity (Wildman–Crippen MR) is 61.5 cm³/mol. The minimum atomic E-state index is -0.193. The van der Waals surface area contributed by atoms with Crippen LogP contribution < -0.4 is 11.3 Å². The molecule has 0 aliphatic heterocycles. The molecule has 1 aromatic rings. The summed E-state index contributed by atoms with van der Waals surface area (Å²) < 4.78 is 14.4. The Morgan fingerprint density at radius 1 is 1.53 bits per heavy atom. The maximum Gasteiger partial charge on any atom is 0.128 e. The molecular formula is C11H14BrFN2. The standard InChI is InChI=1S/C11H14BrFN2/c12-8-3-4-10(13)9(6-8)11(15-14)5-7-1-2-7/h3-4,6-7,11,15H,1-2,5,14H2. The molecule has 15 heavy (non-hydrogen) atoms. The predicted octanol–water partition coefficient (Wildman–Crippen LogP) is 2.89. The molecule has 3 N–H and O–H groups in total. The Morgan fingerprint density at radius 3 is 2.87 bits per heavy atom. The number of hydrazine groups is 1. The molecule has 1 fully saturated rings. The summed E-state index contributed by atoms with van der Waals surface area (Å²) in [6.07, 6.45) is 3.41. The lowest BCUT2D eigenvalue weighted by Gasteiger charge is -2.16. The SMILES string of the molecule is NNC(CC1CC1)c1cc(Br)ccc1F. The molecule has 0 aromatic heterocycles. The average Bonchev–Trinajstić information content (AvgIpc) is 3.02. The smallest absolute Gasteiger partial charge is 0.128 e. The summed E-state index contributed by atoms with van der Waals surface area (Å²) in [6.45, 7) is 0. The van der Waals surface area contributed by atoms with Gasteiger partial charge in [0, 0.05) is 16.1 Å². The lowest BCUT2D eigenvalue weighted by Crippen LogP contribution is -2.29. The van der Waals surface area contributed by atoms with Gasteiger partial charge in [-0.05, 0) is 30.5 Å². The Balaban J connectivity index is 2.19. The zero-order valence-electron chi connectivity index (χ0n) is 8.34. The van der Waals surface area contributed by atoms with E-state index in [1.54, 1.807) is 12.1 Å². The lowest BCUT2D eigenvalue weighted by molar-refractivity contribution is 0.463. The number of hydrogen-bond donors (Lipinski definition) is 2. The molecule has 0 amide bonds. The van der Waals surface area contributed by atoms with Crippen molar-refractivity contribution in [3.8, 4) is 0 Å². The number of benzene rings is 1. The first-order valence-electron chi connectivity index (χ1n) is 5.12. The van der Waals surface area contributed by atoms with Crippen LogP contribution in [0, 0.1) is 11.7 Å². The molecule has 1 atom stereocenters. The van der Waals surface area contributed by atoms with Crippen LogP contribution >= 0.6 is 15.9 Å². The monoisotopic (exact) mass is 272 g/mol. The van der Waals surface area contributed by atoms with Gasteiger partial charge in [-0.25, -0.2) is 4.39 Å². The van der Waals surface area contributed by atoms with E-state index in [4.69, 9.17) is 5.84 Å². The summed E-state index contributed by atoms with van der Waals surface area (Å²) in [5.41, 5.74) is 3.35. The molecule has 2 nitrogen and oxygen atoms in total. The first kappa shape index (κ1) is 11.0. The summed E-state index contributed by atoms with van der Waals surface area (Å²) in [4.78, 5) is 0. The fraction of sp³-hybridized carbons (Fsp3) is 0.455. The largest absolute Gasteiger partial charge is 0.271 e. The van der Waals surface area contributed by atoms with Gasteiger partial charge in [0.15, 0.2) is 0 Å². The van der Waals surface area contributed by atoms with Gasteiger partial charge in [-0.1, -0.05) is 28.8 Å². The third-order valence-corrected chi connectivity index (χ3v) is 3.29. The van der Waals surface area contributed by atoms with Crippen LogP contribution in [0.2, 0.25) is 0 Å². The van der Waals surface area contributed by atoms with Crippen molar-refractivity contribution in [3.63, 3.8) is 0 Å². The number of nitrogens with one attached hydrogen (secondary N) is 1. The van der Waals surface area contributed by atoms with E-state index in [1.807, 2.05) is 0 Å². The van der Waals surface area contributed by atoms with Crippen molar-refractivity contribution in [2.45, 2.75) is 25.3 Å². The molecule has 2 rings (SSSR count). The van der Waals surface area contributed by atoms with Crippen LogP contribution in [-0.4, -0.2) is 0 Å². The molecule has 0 saturated heterocycles. The third-order valence-electron chi connectivity index (χ3n) is 2.80. The molecule has 0 bridgehead atoms. The summed E-state index contributed by atoms with van der Waals surface area (Å²) in [5.74, 6) is 5.99. The van der Waals surface area contributed by atoms with E-state index < -0.39 is 0 Å². The van der Waals surface area contributed by atoms with Gasteiger partial charge in [0.05, 0.1) is 0 Å². The highest BCUT2D eigenvalue weighted by molar-refractivity contribution is 9.10. The molecule has 82 valence electrons. The summed E-state index contributed by atoms with van der Waals surface area (Å²) in [6, 6.07) is 4.89. The highest BCUT2D eigenvalue weighted by Gasteiger charge is 2.27. The van der Waals surface area contributed by atoms with E-state index in [0.29, 0.717) is 11.5 Å². The second kappa shape index (κ2) is 4.60. The topological polar surface area (TPSA) is 38.0 Å². The van der Waals surface area contributed by atoms with E-state index in [2.05, 4.69) is 21.4 Å². The van der Waals surface area contributed by atoms with Crippen molar-refractivity contribution in [2.24, 2.45) is 11.8 Å². The highest BCUT2D eigenvalue weighted by Crippen LogP contribution is 2.38. The highest BCUT2D eigenvalue weighted by atomic mass is 79.9. The third kappa shape index (κ3) is 2.77. The first-order chi connectivity index (χ1) is 7.20. The van der Waals surface area contributed by atoms with Crippen LogP contribution in [0.25, 0.3) is 0 Å². The fourth-order valence-electron chi connectivity index (χ4n) is 1.75.